The molecule has 1 amide bonds. The molecule has 0 atom stereocenters. The van der Waals surface area contributed by atoms with Crippen molar-refractivity contribution in [3.63, 3.8) is 0 Å². The molecule has 0 fully saturated rings. The number of aromatic nitrogens is 1. The fourth-order valence-electron chi connectivity index (χ4n) is 3.04. The molecule has 3 aromatic rings. The highest BCUT2D eigenvalue weighted by Gasteiger charge is 2.09. The quantitative estimate of drug-likeness (QED) is 0.254. The Kier molecular flexibility index (Phi) is 10.2. The summed E-state index contributed by atoms with van der Waals surface area (Å²) in [5.74, 6) is 1.32. The largest absolute Gasteiger partial charge is 0.444 e. The van der Waals surface area contributed by atoms with Gasteiger partial charge in [-0.05, 0) is 43.2 Å². The second kappa shape index (κ2) is 12.8. The van der Waals surface area contributed by atoms with Crippen LogP contribution in [0.1, 0.15) is 28.5 Å². The molecule has 0 aliphatic heterocycles. The molecule has 0 aliphatic rings. The third kappa shape index (κ3) is 7.37. The molecule has 0 saturated heterocycles. The van der Waals surface area contributed by atoms with E-state index in [1.165, 1.54) is 0 Å². The first kappa shape index (κ1) is 25.4. The van der Waals surface area contributed by atoms with E-state index in [9.17, 15) is 4.79 Å². The zero-order valence-electron chi connectivity index (χ0n) is 18.7. The summed E-state index contributed by atoms with van der Waals surface area (Å²) < 4.78 is 5.58. The molecule has 0 unspecified atom stereocenters. The molecule has 32 heavy (non-hydrogen) atoms. The van der Waals surface area contributed by atoms with Gasteiger partial charge in [-0.3, -0.25) is 4.79 Å². The Labute approximate surface area is 206 Å². The number of halogens is 1. The van der Waals surface area contributed by atoms with Gasteiger partial charge in [0.1, 0.15) is 12.0 Å². The van der Waals surface area contributed by atoms with Crippen LogP contribution in [0.25, 0.3) is 11.5 Å². The Morgan fingerprint density at radius 2 is 1.88 bits per heavy atom. The van der Waals surface area contributed by atoms with Crippen LogP contribution in [0.5, 0.6) is 0 Å². The van der Waals surface area contributed by atoms with E-state index in [0.717, 1.165) is 29.8 Å². The smallest absolute Gasteiger partial charge is 0.253 e. The van der Waals surface area contributed by atoms with E-state index in [1.54, 1.807) is 25.3 Å². The van der Waals surface area contributed by atoms with Crippen LogP contribution < -0.4 is 10.6 Å². The van der Waals surface area contributed by atoms with Crippen LogP contribution in [0.3, 0.4) is 0 Å². The van der Waals surface area contributed by atoms with E-state index in [2.05, 4.69) is 20.6 Å². The van der Waals surface area contributed by atoms with Crippen molar-refractivity contribution in [2.24, 2.45) is 4.99 Å². The molecule has 7 nitrogen and oxygen atoms in total. The molecular formula is C24H30IN5O2. The number of hydrogen-bond donors (Lipinski definition) is 2. The first-order valence-electron chi connectivity index (χ1n) is 10.4. The summed E-state index contributed by atoms with van der Waals surface area (Å²) in [6, 6.07) is 17.5. The van der Waals surface area contributed by atoms with Crippen molar-refractivity contribution < 1.29 is 9.21 Å². The third-order valence-electron chi connectivity index (χ3n) is 4.60. The van der Waals surface area contributed by atoms with Gasteiger partial charge < -0.3 is 20.0 Å². The topological polar surface area (TPSA) is 82.8 Å². The molecule has 2 N–H and O–H groups in total. The Bertz CT molecular complexity index is 1020. The van der Waals surface area contributed by atoms with Crippen molar-refractivity contribution in [1.82, 2.24) is 20.5 Å². The molecule has 0 radical (unpaired) electrons. The van der Waals surface area contributed by atoms with Crippen LogP contribution in [0.4, 0.5) is 0 Å². The van der Waals surface area contributed by atoms with Crippen molar-refractivity contribution in [2.75, 3.05) is 27.2 Å². The van der Waals surface area contributed by atoms with E-state index in [1.807, 2.05) is 61.5 Å². The molecule has 1 heterocycles. The predicted molar refractivity (Wildman–Crippen MR) is 138 cm³/mol. The fraction of sp³-hybridized carbons (Fsp3) is 0.292. The minimum absolute atomic E-state index is 0. The van der Waals surface area contributed by atoms with E-state index >= 15 is 0 Å². The van der Waals surface area contributed by atoms with Crippen molar-refractivity contribution >= 4 is 35.8 Å². The lowest BCUT2D eigenvalue weighted by atomic mass is 10.1. The lowest BCUT2D eigenvalue weighted by molar-refractivity contribution is 0.0827. The summed E-state index contributed by atoms with van der Waals surface area (Å²) >= 11 is 0. The van der Waals surface area contributed by atoms with Crippen LogP contribution in [-0.2, 0) is 13.0 Å². The number of rotatable bonds is 8. The molecule has 0 saturated carbocycles. The van der Waals surface area contributed by atoms with Crippen LogP contribution in [0.15, 0.2) is 70.3 Å². The predicted octanol–water partition coefficient (Wildman–Crippen LogP) is 3.96. The van der Waals surface area contributed by atoms with Gasteiger partial charge in [-0.1, -0.05) is 30.3 Å². The Morgan fingerprint density at radius 1 is 1.09 bits per heavy atom. The normalized spacial score (nSPS) is 10.9. The SMILES string of the molecule is CCNC(=NCc1coc(-c2ccccc2)n1)NCCc1cccc(C(=O)N(C)C)c1.I. The molecule has 0 aliphatic carbocycles. The molecular weight excluding hydrogens is 517 g/mol. The second-order valence-corrected chi connectivity index (χ2v) is 7.28. The highest BCUT2D eigenvalue weighted by atomic mass is 127. The highest BCUT2D eigenvalue weighted by molar-refractivity contribution is 14.0. The fourth-order valence-corrected chi connectivity index (χ4v) is 3.04. The van der Waals surface area contributed by atoms with Gasteiger partial charge in [0.05, 0.1) is 6.54 Å². The zero-order valence-corrected chi connectivity index (χ0v) is 21.0. The number of benzene rings is 2. The van der Waals surface area contributed by atoms with E-state index in [4.69, 9.17) is 4.42 Å². The lowest BCUT2D eigenvalue weighted by Crippen LogP contribution is -2.38. The maximum atomic E-state index is 12.1. The molecule has 3 rings (SSSR count). The number of nitrogens with one attached hydrogen (secondary N) is 2. The maximum absolute atomic E-state index is 12.1. The Balaban J connectivity index is 0.00000363. The monoisotopic (exact) mass is 547 g/mol. The summed E-state index contributed by atoms with van der Waals surface area (Å²) in [6.45, 7) is 3.89. The summed E-state index contributed by atoms with van der Waals surface area (Å²) in [5, 5.41) is 6.58. The number of guanidine groups is 1. The van der Waals surface area contributed by atoms with Gasteiger partial charge in [-0.2, -0.15) is 0 Å². The van der Waals surface area contributed by atoms with Crippen molar-refractivity contribution in [2.45, 2.75) is 19.9 Å². The minimum Gasteiger partial charge on any atom is -0.444 e. The van der Waals surface area contributed by atoms with Crippen molar-refractivity contribution in [1.29, 1.82) is 0 Å². The van der Waals surface area contributed by atoms with Gasteiger partial charge in [0.25, 0.3) is 5.91 Å². The molecule has 170 valence electrons. The van der Waals surface area contributed by atoms with E-state index < -0.39 is 0 Å². The van der Waals surface area contributed by atoms with Crippen LogP contribution >= 0.6 is 24.0 Å². The van der Waals surface area contributed by atoms with Crippen LogP contribution in [0, 0.1) is 0 Å². The van der Waals surface area contributed by atoms with Crippen LogP contribution in [-0.4, -0.2) is 48.9 Å². The standard InChI is InChI=1S/C24H29N5O2.HI/c1-4-25-24(26-14-13-18-9-8-12-20(15-18)23(30)29(2)3)27-16-21-17-31-22(28-21)19-10-6-5-7-11-19;/h5-12,15,17H,4,13-14,16H2,1-3H3,(H2,25,26,27);1H. The Hall–Kier alpha value is -2.88. The third-order valence-corrected chi connectivity index (χ3v) is 4.60. The van der Waals surface area contributed by atoms with Crippen molar-refractivity contribution in [3.05, 3.63) is 77.7 Å². The first-order chi connectivity index (χ1) is 15.1. The highest BCUT2D eigenvalue weighted by Crippen LogP contribution is 2.18. The number of carbonyl (C=O) groups is 1. The molecule has 2 aromatic carbocycles. The van der Waals surface area contributed by atoms with Crippen LogP contribution in [0.2, 0.25) is 0 Å². The number of carbonyl (C=O) groups excluding carboxylic acids is 1. The average Bonchev–Trinajstić information content (AvgIpc) is 3.27. The second-order valence-electron chi connectivity index (χ2n) is 7.28. The summed E-state index contributed by atoms with van der Waals surface area (Å²) in [6.07, 6.45) is 2.42. The number of nitrogens with zero attached hydrogens (tertiary/aromatic N) is 3. The number of amides is 1. The lowest BCUT2D eigenvalue weighted by Gasteiger charge is -2.13. The van der Waals surface area contributed by atoms with Gasteiger partial charge >= 0.3 is 0 Å². The number of aliphatic imine (C=N–C) groups is 1. The van der Waals surface area contributed by atoms with E-state index in [-0.39, 0.29) is 29.9 Å². The molecule has 8 heteroatoms. The molecule has 0 bridgehead atoms. The van der Waals surface area contributed by atoms with E-state index in [0.29, 0.717) is 30.5 Å². The van der Waals surface area contributed by atoms with Gasteiger partial charge in [0.2, 0.25) is 5.89 Å². The van der Waals surface area contributed by atoms with Gasteiger partial charge in [-0.25, -0.2) is 9.98 Å². The number of oxazole rings is 1. The summed E-state index contributed by atoms with van der Waals surface area (Å²) in [7, 11) is 3.51. The summed E-state index contributed by atoms with van der Waals surface area (Å²) in [4.78, 5) is 22.8. The van der Waals surface area contributed by atoms with Gasteiger partial charge in [0, 0.05) is 38.3 Å². The molecule has 0 spiro atoms. The molecule has 1 aromatic heterocycles. The minimum atomic E-state index is 0. The Morgan fingerprint density at radius 3 is 2.59 bits per heavy atom. The average molecular weight is 547 g/mol. The number of hydrogen-bond acceptors (Lipinski definition) is 4. The zero-order chi connectivity index (χ0) is 22.1. The first-order valence-corrected chi connectivity index (χ1v) is 10.4. The van der Waals surface area contributed by atoms with Gasteiger partial charge in [0.15, 0.2) is 5.96 Å². The maximum Gasteiger partial charge on any atom is 0.253 e. The summed E-state index contributed by atoms with van der Waals surface area (Å²) in [5.41, 5.74) is 3.51. The van der Waals surface area contributed by atoms with Crippen molar-refractivity contribution in [3.8, 4) is 11.5 Å². The van der Waals surface area contributed by atoms with Gasteiger partial charge in [-0.15, -0.1) is 24.0 Å².